The Labute approximate surface area is 121 Å². The Morgan fingerprint density at radius 3 is 3.15 bits per heavy atom. The number of carbonyl (C=O) groups excluding carboxylic acids is 1. The number of rotatable bonds is 3. The predicted molar refractivity (Wildman–Crippen MR) is 77.5 cm³/mol. The van der Waals surface area contributed by atoms with Crippen LogP contribution in [0.4, 0.5) is 0 Å². The van der Waals surface area contributed by atoms with Crippen molar-refractivity contribution in [3.8, 4) is 10.8 Å². The number of hydrogen-bond acceptors (Lipinski definition) is 5. The summed E-state index contributed by atoms with van der Waals surface area (Å²) in [5.41, 5.74) is 5.82. The van der Waals surface area contributed by atoms with Crippen LogP contribution in [0, 0.1) is 5.41 Å². The van der Waals surface area contributed by atoms with E-state index in [2.05, 4.69) is 11.9 Å². The zero-order valence-electron chi connectivity index (χ0n) is 11.3. The SMILES string of the molecule is CC1(CN)CCN(C(=O)c2cnc(-c3ccco3)s2)C1. The van der Waals surface area contributed by atoms with Crippen molar-refractivity contribution in [2.75, 3.05) is 19.6 Å². The third kappa shape index (κ3) is 2.36. The van der Waals surface area contributed by atoms with E-state index in [1.54, 1.807) is 12.5 Å². The molecule has 1 aliphatic rings. The molecule has 0 aromatic carbocycles. The van der Waals surface area contributed by atoms with Crippen LogP contribution in [0.15, 0.2) is 29.0 Å². The number of amides is 1. The molecular formula is C14H17N3O2S. The number of nitrogens with two attached hydrogens (primary N) is 1. The van der Waals surface area contributed by atoms with Gasteiger partial charge in [-0.2, -0.15) is 0 Å². The summed E-state index contributed by atoms with van der Waals surface area (Å²) in [6.07, 6.45) is 4.19. The van der Waals surface area contributed by atoms with Crippen molar-refractivity contribution < 1.29 is 9.21 Å². The number of thiazole rings is 1. The molecule has 3 heterocycles. The van der Waals surface area contributed by atoms with Crippen molar-refractivity contribution in [2.45, 2.75) is 13.3 Å². The summed E-state index contributed by atoms with van der Waals surface area (Å²) in [6.45, 7) is 4.22. The number of furan rings is 1. The van der Waals surface area contributed by atoms with E-state index in [1.165, 1.54) is 11.3 Å². The maximum absolute atomic E-state index is 12.5. The van der Waals surface area contributed by atoms with Crippen LogP contribution < -0.4 is 5.73 Å². The van der Waals surface area contributed by atoms with Crippen molar-refractivity contribution in [3.05, 3.63) is 29.5 Å². The molecule has 20 heavy (non-hydrogen) atoms. The highest BCUT2D eigenvalue weighted by atomic mass is 32.1. The van der Waals surface area contributed by atoms with Crippen LogP contribution in [0.3, 0.4) is 0 Å². The van der Waals surface area contributed by atoms with Crippen LogP contribution in [-0.2, 0) is 0 Å². The summed E-state index contributed by atoms with van der Waals surface area (Å²) in [5.74, 6) is 0.736. The minimum absolute atomic E-state index is 0.0393. The molecule has 0 radical (unpaired) electrons. The van der Waals surface area contributed by atoms with Gasteiger partial charge in [-0.3, -0.25) is 4.79 Å². The Morgan fingerprint density at radius 1 is 1.65 bits per heavy atom. The highest BCUT2D eigenvalue weighted by Crippen LogP contribution is 2.31. The smallest absolute Gasteiger partial charge is 0.265 e. The molecule has 6 heteroatoms. The Kier molecular flexibility index (Phi) is 3.35. The van der Waals surface area contributed by atoms with Gasteiger partial charge >= 0.3 is 0 Å². The fraction of sp³-hybridized carbons (Fsp3) is 0.429. The average Bonchev–Trinajstić information content (AvgIpc) is 3.18. The summed E-state index contributed by atoms with van der Waals surface area (Å²) in [7, 11) is 0. The fourth-order valence-electron chi connectivity index (χ4n) is 2.41. The number of aromatic nitrogens is 1. The van der Waals surface area contributed by atoms with Crippen molar-refractivity contribution in [1.29, 1.82) is 0 Å². The monoisotopic (exact) mass is 291 g/mol. The van der Waals surface area contributed by atoms with Crippen molar-refractivity contribution >= 4 is 17.2 Å². The number of hydrogen-bond donors (Lipinski definition) is 1. The first kappa shape index (κ1) is 13.3. The summed E-state index contributed by atoms with van der Waals surface area (Å²) < 4.78 is 5.30. The van der Waals surface area contributed by atoms with Gasteiger partial charge in [0.15, 0.2) is 10.8 Å². The van der Waals surface area contributed by atoms with Gasteiger partial charge in [0.25, 0.3) is 5.91 Å². The van der Waals surface area contributed by atoms with Crippen molar-refractivity contribution in [1.82, 2.24) is 9.88 Å². The van der Waals surface area contributed by atoms with Gasteiger partial charge in [0.1, 0.15) is 4.88 Å². The zero-order valence-corrected chi connectivity index (χ0v) is 12.2. The van der Waals surface area contributed by atoms with E-state index in [1.807, 2.05) is 17.0 Å². The Bertz CT molecular complexity index is 608. The summed E-state index contributed by atoms with van der Waals surface area (Å²) in [6, 6.07) is 3.65. The number of likely N-dealkylation sites (tertiary alicyclic amines) is 1. The molecule has 0 bridgehead atoms. The molecule has 106 valence electrons. The zero-order chi connectivity index (χ0) is 14.2. The highest BCUT2D eigenvalue weighted by Gasteiger charge is 2.35. The second kappa shape index (κ2) is 5.03. The molecule has 0 spiro atoms. The molecule has 1 atom stereocenters. The molecule has 3 rings (SSSR count). The van der Waals surface area contributed by atoms with Crippen molar-refractivity contribution in [2.24, 2.45) is 11.1 Å². The first-order valence-corrected chi connectivity index (χ1v) is 7.42. The molecule has 1 aliphatic heterocycles. The van der Waals surface area contributed by atoms with Gasteiger partial charge in [0.2, 0.25) is 0 Å². The molecule has 1 saturated heterocycles. The van der Waals surface area contributed by atoms with Gasteiger partial charge in [-0.1, -0.05) is 6.92 Å². The standard InChI is InChI=1S/C14H17N3O2S/c1-14(8-15)4-5-17(9-14)13(18)11-7-16-12(20-11)10-3-2-6-19-10/h2-3,6-7H,4-5,8-9,15H2,1H3. The quantitative estimate of drug-likeness (QED) is 0.941. The second-order valence-corrected chi connectivity index (χ2v) is 6.53. The molecule has 5 nitrogen and oxygen atoms in total. The van der Waals surface area contributed by atoms with Gasteiger partial charge in [0, 0.05) is 13.1 Å². The molecule has 1 unspecified atom stereocenters. The molecule has 1 fully saturated rings. The molecular weight excluding hydrogens is 274 g/mol. The first-order chi connectivity index (χ1) is 9.61. The maximum atomic E-state index is 12.5. The van der Waals surface area contributed by atoms with E-state index in [4.69, 9.17) is 10.2 Å². The molecule has 2 aromatic heterocycles. The number of carbonyl (C=O) groups is 1. The van der Waals surface area contributed by atoms with Gasteiger partial charge < -0.3 is 15.1 Å². The summed E-state index contributed by atoms with van der Waals surface area (Å²) >= 11 is 1.37. The lowest BCUT2D eigenvalue weighted by Crippen LogP contribution is -2.34. The van der Waals surface area contributed by atoms with Gasteiger partial charge in [-0.05, 0) is 30.5 Å². The Balaban J connectivity index is 1.76. The van der Waals surface area contributed by atoms with Crippen LogP contribution in [-0.4, -0.2) is 35.4 Å². The third-order valence-corrected chi connectivity index (χ3v) is 4.79. The molecule has 0 saturated carbocycles. The van der Waals surface area contributed by atoms with E-state index in [9.17, 15) is 4.79 Å². The van der Waals surface area contributed by atoms with E-state index in [0.717, 1.165) is 24.5 Å². The molecule has 2 aromatic rings. The number of nitrogens with zero attached hydrogens (tertiary/aromatic N) is 2. The molecule has 2 N–H and O–H groups in total. The topological polar surface area (TPSA) is 72.4 Å². The predicted octanol–water partition coefficient (Wildman–Crippen LogP) is 2.21. The second-order valence-electron chi connectivity index (χ2n) is 5.50. The van der Waals surface area contributed by atoms with Crippen LogP contribution in [0.2, 0.25) is 0 Å². The summed E-state index contributed by atoms with van der Waals surface area (Å²) in [4.78, 5) is 19.2. The molecule has 0 aliphatic carbocycles. The lowest BCUT2D eigenvalue weighted by Gasteiger charge is -2.22. The lowest BCUT2D eigenvalue weighted by atomic mass is 9.90. The maximum Gasteiger partial charge on any atom is 0.265 e. The average molecular weight is 291 g/mol. The van der Waals surface area contributed by atoms with E-state index >= 15 is 0 Å². The van der Waals surface area contributed by atoms with Gasteiger partial charge in [-0.25, -0.2) is 4.98 Å². The minimum atomic E-state index is 0.0393. The minimum Gasteiger partial charge on any atom is -0.462 e. The van der Waals surface area contributed by atoms with Crippen molar-refractivity contribution in [3.63, 3.8) is 0 Å². The Hall–Kier alpha value is -1.66. The van der Waals surface area contributed by atoms with Crippen LogP contribution in [0.5, 0.6) is 0 Å². The normalized spacial score (nSPS) is 22.4. The van der Waals surface area contributed by atoms with Gasteiger partial charge in [0.05, 0.1) is 12.5 Å². The van der Waals surface area contributed by atoms with E-state index < -0.39 is 0 Å². The molecule has 1 amide bonds. The third-order valence-electron chi connectivity index (χ3n) is 3.79. The fourth-order valence-corrected chi connectivity index (χ4v) is 3.26. The van der Waals surface area contributed by atoms with Crippen LogP contribution in [0.25, 0.3) is 10.8 Å². The van der Waals surface area contributed by atoms with Crippen LogP contribution >= 0.6 is 11.3 Å². The van der Waals surface area contributed by atoms with Crippen LogP contribution in [0.1, 0.15) is 23.0 Å². The first-order valence-electron chi connectivity index (χ1n) is 6.60. The largest absolute Gasteiger partial charge is 0.462 e. The van der Waals surface area contributed by atoms with Gasteiger partial charge in [-0.15, -0.1) is 11.3 Å². The van der Waals surface area contributed by atoms with E-state index in [-0.39, 0.29) is 11.3 Å². The lowest BCUT2D eigenvalue weighted by molar-refractivity contribution is 0.0781. The Morgan fingerprint density at radius 2 is 2.50 bits per heavy atom. The highest BCUT2D eigenvalue weighted by molar-refractivity contribution is 7.16. The van der Waals surface area contributed by atoms with E-state index in [0.29, 0.717) is 17.2 Å². The summed E-state index contributed by atoms with van der Waals surface area (Å²) in [5, 5.41) is 0.735.